The highest BCUT2D eigenvalue weighted by Gasteiger charge is 2.51. The van der Waals surface area contributed by atoms with Crippen LogP contribution in [0.25, 0.3) is 0 Å². The van der Waals surface area contributed by atoms with Gasteiger partial charge in [-0.2, -0.15) is 0 Å². The molecule has 8 heteroatoms. The molecule has 0 bridgehead atoms. The van der Waals surface area contributed by atoms with E-state index in [2.05, 4.69) is 0 Å². The Hall–Kier alpha value is -1.16. The minimum atomic E-state index is -0.852. The van der Waals surface area contributed by atoms with Crippen molar-refractivity contribution < 1.29 is 38.6 Å². The molecule has 4 saturated heterocycles. The molecule has 4 fully saturated rings. The van der Waals surface area contributed by atoms with Crippen molar-refractivity contribution in [2.75, 3.05) is 52.9 Å². The van der Waals surface area contributed by atoms with E-state index >= 15 is 0 Å². The van der Waals surface area contributed by atoms with E-state index in [0.29, 0.717) is 50.8 Å². The topological polar surface area (TPSA) is 109 Å². The van der Waals surface area contributed by atoms with Crippen LogP contribution >= 0.6 is 0 Å². The van der Waals surface area contributed by atoms with Crippen molar-refractivity contribution in [2.24, 2.45) is 5.41 Å². The largest absolute Gasteiger partial charge is 0.516 e. The molecule has 0 saturated carbocycles. The van der Waals surface area contributed by atoms with Crippen molar-refractivity contribution >= 4 is 0 Å². The first kappa shape index (κ1) is 17.3. The van der Waals surface area contributed by atoms with E-state index in [9.17, 15) is 10.2 Å². The third-order valence-electron chi connectivity index (χ3n) is 4.85. The van der Waals surface area contributed by atoms with E-state index in [1.54, 1.807) is 0 Å². The van der Waals surface area contributed by atoms with Gasteiger partial charge < -0.3 is 38.6 Å². The monoisotopic (exact) mass is 356 g/mol. The van der Waals surface area contributed by atoms with E-state index in [-0.39, 0.29) is 37.6 Å². The number of rotatable bonds is 12. The van der Waals surface area contributed by atoms with E-state index in [1.807, 2.05) is 0 Å². The average molecular weight is 356 g/mol. The molecule has 0 radical (unpaired) electrons. The van der Waals surface area contributed by atoms with Crippen molar-refractivity contribution in [3.63, 3.8) is 0 Å². The number of aliphatic hydroxyl groups is 2. The Balaban J connectivity index is 1.55. The zero-order chi connectivity index (χ0) is 17.3. The fraction of sp³-hybridized carbons (Fsp3) is 0.765. The van der Waals surface area contributed by atoms with Gasteiger partial charge in [0.25, 0.3) is 0 Å². The number of hydrogen-bond donors (Lipinski definition) is 2. The lowest BCUT2D eigenvalue weighted by Crippen LogP contribution is -2.41. The smallest absolute Gasteiger partial charge is 0.106 e. The van der Waals surface area contributed by atoms with Gasteiger partial charge in [0.2, 0.25) is 0 Å². The van der Waals surface area contributed by atoms with Crippen molar-refractivity contribution in [2.45, 2.75) is 24.4 Å². The number of epoxide rings is 4. The normalized spacial score (nSPS) is 36.0. The Morgan fingerprint density at radius 1 is 0.800 bits per heavy atom. The Kier molecular flexibility index (Phi) is 4.99. The first-order valence-corrected chi connectivity index (χ1v) is 8.58. The van der Waals surface area contributed by atoms with Crippen LogP contribution in [0.15, 0.2) is 23.7 Å². The lowest BCUT2D eigenvalue weighted by Gasteiger charge is -2.36. The van der Waals surface area contributed by atoms with Crippen LogP contribution in [0.3, 0.4) is 0 Å². The van der Waals surface area contributed by atoms with Crippen molar-refractivity contribution in [3.05, 3.63) is 23.7 Å². The number of ether oxygens (including phenoxy) is 6. The third kappa shape index (κ3) is 4.16. The van der Waals surface area contributed by atoms with Crippen molar-refractivity contribution in [3.8, 4) is 0 Å². The molecule has 140 valence electrons. The summed E-state index contributed by atoms with van der Waals surface area (Å²) in [5.74, 6) is 0. The summed E-state index contributed by atoms with van der Waals surface area (Å²) in [5, 5.41) is 19.8. The third-order valence-corrected chi connectivity index (χ3v) is 4.85. The van der Waals surface area contributed by atoms with Gasteiger partial charge in [0, 0.05) is 11.1 Å². The van der Waals surface area contributed by atoms with Gasteiger partial charge in [0.15, 0.2) is 0 Å². The zero-order valence-corrected chi connectivity index (χ0v) is 14.0. The van der Waals surface area contributed by atoms with Gasteiger partial charge in [-0.15, -0.1) is 0 Å². The quantitative estimate of drug-likeness (QED) is 0.384. The minimum absolute atomic E-state index is 0.121. The number of aliphatic hydroxyl groups excluding tert-OH is 2. The molecular formula is C17H24O8. The van der Waals surface area contributed by atoms with E-state index < -0.39 is 5.41 Å². The maximum absolute atomic E-state index is 9.91. The van der Waals surface area contributed by atoms with Crippen LogP contribution in [0.4, 0.5) is 0 Å². The number of hydrogen-bond acceptors (Lipinski definition) is 8. The molecule has 0 aromatic heterocycles. The summed E-state index contributed by atoms with van der Waals surface area (Å²) in [6, 6.07) is 0. The summed E-state index contributed by atoms with van der Waals surface area (Å²) < 4.78 is 32.9. The molecule has 4 atom stereocenters. The summed E-state index contributed by atoms with van der Waals surface area (Å²) in [6.07, 6.45) is 1.93. The van der Waals surface area contributed by atoms with Crippen LogP contribution in [0.1, 0.15) is 0 Å². The molecular weight excluding hydrogens is 332 g/mol. The molecule has 4 aliphatic heterocycles. The molecule has 4 rings (SSSR count). The predicted octanol–water partition coefficient (Wildman–Crippen LogP) is 0.485. The molecule has 2 N–H and O–H groups in total. The second-order valence-electron chi connectivity index (χ2n) is 6.84. The molecule has 0 aromatic carbocycles. The predicted molar refractivity (Wildman–Crippen MR) is 84.5 cm³/mol. The lowest BCUT2D eigenvalue weighted by atomic mass is 9.73. The minimum Gasteiger partial charge on any atom is -0.516 e. The fourth-order valence-corrected chi connectivity index (χ4v) is 3.08. The molecule has 0 amide bonds. The van der Waals surface area contributed by atoms with Gasteiger partial charge in [-0.1, -0.05) is 0 Å². The van der Waals surface area contributed by atoms with Crippen LogP contribution in [-0.4, -0.2) is 87.5 Å². The summed E-state index contributed by atoms with van der Waals surface area (Å²) in [5.41, 5.74) is 0.420. The van der Waals surface area contributed by atoms with E-state index in [4.69, 9.17) is 28.4 Å². The van der Waals surface area contributed by atoms with Crippen molar-refractivity contribution in [1.29, 1.82) is 0 Å². The highest BCUT2D eigenvalue weighted by molar-refractivity contribution is 5.37. The summed E-state index contributed by atoms with van der Waals surface area (Å²) in [4.78, 5) is 0. The Morgan fingerprint density at radius 3 is 1.48 bits per heavy atom. The maximum Gasteiger partial charge on any atom is 0.106 e. The highest BCUT2D eigenvalue weighted by atomic mass is 16.6. The second kappa shape index (κ2) is 7.22. The lowest BCUT2D eigenvalue weighted by molar-refractivity contribution is -0.000517. The van der Waals surface area contributed by atoms with E-state index in [0.717, 1.165) is 12.5 Å². The molecule has 4 heterocycles. The second-order valence-corrected chi connectivity index (χ2v) is 6.84. The van der Waals surface area contributed by atoms with Crippen LogP contribution in [-0.2, 0) is 28.4 Å². The molecule has 4 unspecified atom stereocenters. The van der Waals surface area contributed by atoms with Gasteiger partial charge in [-0.25, -0.2) is 0 Å². The average Bonchev–Trinajstić information content (AvgIpc) is 3.45. The molecule has 0 spiro atoms. The van der Waals surface area contributed by atoms with Gasteiger partial charge >= 0.3 is 0 Å². The van der Waals surface area contributed by atoms with Crippen molar-refractivity contribution in [1.82, 2.24) is 0 Å². The first-order chi connectivity index (χ1) is 12.3. The molecule has 8 nitrogen and oxygen atoms in total. The fourth-order valence-electron chi connectivity index (χ4n) is 3.08. The van der Waals surface area contributed by atoms with Gasteiger partial charge in [-0.05, 0) is 0 Å². The standard InChI is InChI=1S/C17H24O8/c18-1-13(15-7-24-15)17(9-20-3-11-5-22-11,10-21-4-12-6-23-12)14(2-19)16-8-25-16/h1-2,11-12,15-16,18-19H,3-10H2. The first-order valence-electron chi connectivity index (χ1n) is 8.58. The van der Waals surface area contributed by atoms with Gasteiger partial charge in [0.1, 0.15) is 24.4 Å². The SMILES string of the molecule is OC=C(C1CO1)C(COCC1CO1)(COCC1CO1)C(=CO)C1CO1. The maximum atomic E-state index is 9.91. The summed E-state index contributed by atoms with van der Waals surface area (Å²) in [7, 11) is 0. The van der Waals surface area contributed by atoms with Crippen LogP contribution in [0.2, 0.25) is 0 Å². The highest BCUT2D eigenvalue weighted by Crippen LogP contribution is 2.46. The van der Waals surface area contributed by atoms with Crippen LogP contribution < -0.4 is 0 Å². The molecule has 0 aliphatic carbocycles. The molecule has 4 aliphatic rings. The van der Waals surface area contributed by atoms with Gasteiger partial charge in [-0.3, -0.25) is 0 Å². The van der Waals surface area contributed by atoms with Gasteiger partial charge in [0.05, 0.1) is 70.8 Å². The summed E-state index contributed by atoms with van der Waals surface area (Å²) in [6.45, 7) is 3.83. The van der Waals surface area contributed by atoms with Crippen LogP contribution in [0, 0.1) is 5.41 Å². The molecule has 25 heavy (non-hydrogen) atoms. The zero-order valence-electron chi connectivity index (χ0n) is 14.0. The Morgan fingerprint density at radius 2 is 1.20 bits per heavy atom. The Labute approximate surface area is 145 Å². The van der Waals surface area contributed by atoms with Crippen LogP contribution in [0.5, 0.6) is 0 Å². The van der Waals surface area contributed by atoms with E-state index in [1.165, 1.54) is 0 Å². The summed E-state index contributed by atoms with van der Waals surface area (Å²) >= 11 is 0. The Bertz CT molecular complexity index is 481. The molecule has 0 aromatic rings.